The fraction of sp³-hybridized carbons (Fsp3) is 0.429. The molecule has 4 rings (SSSR count). The molecule has 1 fully saturated rings. The highest BCUT2D eigenvalue weighted by Crippen LogP contribution is 2.49. The molecule has 1 aliphatic carbocycles. The molecule has 1 N–H and O–H groups in total. The standard InChI is InChI=1S/C21H25N3O/c1-13-7-6-10-19(22-13)23-20-14(2)21(16-11-12-16)24(15(3)25)18-9-5-4-8-17(18)20/h4-10,14,16,20-21H,11-12H2,1-3H3,(H,22,23)/t14?,20?,21-/m1/s1. The Hall–Kier alpha value is -2.36. The van der Waals surface area contributed by atoms with E-state index in [2.05, 4.69) is 35.4 Å². The molecule has 4 heteroatoms. The van der Waals surface area contributed by atoms with Crippen LogP contribution in [0.3, 0.4) is 0 Å². The molecule has 1 saturated carbocycles. The van der Waals surface area contributed by atoms with E-state index in [1.165, 1.54) is 18.4 Å². The Morgan fingerprint density at radius 2 is 1.92 bits per heavy atom. The maximum absolute atomic E-state index is 12.5. The van der Waals surface area contributed by atoms with Crippen molar-refractivity contribution in [3.8, 4) is 0 Å². The lowest BCUT2D eigenvalue weighted by molar-refractivity contribution is -0.117. The van der Waals surface area contributed by atoms with Gasteiger partial charge in [0.15, 0.2) is 0 Å². The molecule has 3 atom stereocenters. The maximum Gasteiger partial charge on any atom is 0.224 e. The summed E-state index contributed by atoms with van der Waals surface area (Å²) >= 11 is 0. The lowest BCUT2D eigenvalue weighted by atomic mass is 9.80. The Kier molecular flexibility index (Phi) is 3.98. The molecular weight excluding hydrogens is 310 g/mol. The number of nitrogens with zero attached hydrogens (tertiary/aromatic N) is 2. The summed E-state index contributed by atoms with van der Waals surface area (Å²) in [5.41, 5.74) is 3.24. The third kappa shape index (κ3) is 2.90. The summed E-state index contributed by atoms with van der Waals surface area (Å²) in [6, 6.07) is 14.8. The number of carbonyl (C=O) groups excluding carboxylic acids is 1. The Morgan fingerprint density at radius 1 is 1.16 bits per heavy atom. The average Bonchev–Trinajstić information content (AvgIpc) is 3.41. The molecular formula is C21H25N3O. The smallest absolute Gasteiger partial charge is 0.224 e. The fourth-order valence-corrected chi connectivity index (χ4v) is 4.30. The van der Waals surface area contributed by atoms with Crippen molar-refractivity contribution in [2.24, 2.45) is 11.8 Å². The summed E-state index contributed by atoms with van der Waals surface area (Å²) in [7, 11) is 0. The highest BCUT2D eigenvalue weighted by Gasteiger charge is 2.47. The molecule has 2 heterocycles. The van der Waals surface area contributed by atoms with Crippen molar-refractivity contribution in [2.45, 2.75) is 45.7 Å². The first-order valence-corrected chi connectivity index (χ1v) is 9.15. The molecule has 2 aromatic rings. The van der Waals surface area contributed by atoms with Gasteiger partial charge in [-0.25, -0.2) is 4.98 Å². The zero-order valence-electron chi connectivity index (χ0n) is 15.1. The molecule has 2 aliphatic rings. The SMILES string of the molecule is CC(=O)N1c2ccccc2C(Nc2cccc(C)n2)C(C)[C@@H]1C1CC1. The van der Waals surface area contributed by atoms with Gasteiger partial charge in [0.2, 0.25) is 5.91 Å². The minimum absolute atomic E-state index is 0.142. The number of amides is 1. The van der Waals surface area contributed by atoms with Crippen LogP contribution in [-0.4, -0.2) is 16.9 Å². The van der Waals surface area contributed by atoms with Gasteiger partial charge < -0.3 is 10.2 Å². The highest BCUT2D eigenvalue weighted by atomic mass is 16.2. The summed E-state index contributed by atoms with van der Waals surface area (Å²) in [5, 5.41) is 3.65. The molecule has 0 spiro atoms. The van der Waals surface area contributed by atoms with Gasteiger partial charge in [0.1, 0.15) is 5.82 Å². The first-order chi connectivity index (χ1) is 12.1. The number of nitrogens with one attached hydrogen (secondary N) is 1. The van der Waals surface area contributed by atoms with Crippen molar-refractivity contribution >= 4 is 17.4 Å². The molecule has 0 saturated heterocycles. The van der Waals surface area contributed by atoms with Crippen molar-refractivity contribution in [3.63, 3.8) is 0 Å². The number of pyridine rings is 1. The van der Waals surface area contributed by atoms with Gasteiger partial charge in [-0.1, -0.05) is 31.2 Å². The molecule has 4 nitrogen and oxygen atoms in total. The van der Waals surface area contributed by atoms with E-state index in [1.807, 2.05) is 36.1 Å². The van der Waals surface area contributed by atoms with E-state index in [1.54, 1.807) is 6.92 Å². The third-order valence-corrected chi connectivity index (χ3v) is 5.53. The molecule has 2 unspecified atom stereocenters. The van der Waals surface area contributed by atoms with Crippen LogP contribution in [0.5, 0.6) is 0 Å². The van der Waals surface area contributed by atoms with Gasteiger partial charge in [-0.05, 0) is 49.4 Å². The van der Waals surface area contributed by atoms with Crippen molar-refractivity contribution < 1.29 is 4.79 Å². The number of anilines is 2. The average molecular weight is 335 g/mol. The zero-order chi connectivity index (χ0) is 17.6. The van der Waals surface area contributed by atoms with Crippen LogP contribution in [0.15, 0.2) is 42.5 Å². The van der Waals surface area contributed by atoms with Crippen LogP contribution in [0.2, 0.25) is 0 Å². The monoisotopic (exact) mass is 335 g/mol. The Morgan fingerprint density at radius 3 is 2.60 bits per heavy atom. The quantitative estimate of drug-likeness (QED) is 0.908. The van der Waals surface area contributed by atoms with E-state index < -0.39 is 0 Å². The Bertz CT molecular complexity index is 799. The first kappa shape index (κ1) is 16.1. The van der Waals surface area contributed by atoms with E-state index in [0.717, 1.165) is 17.2 Å². The number of para-hydroxylation sites is 1. The Labute approximate surface area is 149 Å². The number of hydrogen-bond donors (Lipinski definition) is 1. The van der Waals surface area contributed by atoms with Crippen molar-refractivity contribution in [1.82, 2.24) is 4.98 Å². The van der Waals surface area contributed by atoms with Crippen LogP contribution in [0.25, 0.3) is 0 Å². The van der Waals surface area contributed by atoms with Gasteiger partial charge in [-0.3, -0.25) is 4.79 Å². The van der Waals surface area contributed by atoms with Gasteiger partial charge >= 0.3 is 0 Å². The van der Waals surface area contributed by atoms with Gasteiger partial charge in [0.25, 0.3) is 0 Å². The van der Waals surface area contributed by atoms with Gasteiger partial charge in [0.05, 0.1) is 6.04 Å². The first-order valence-electron chi connectivity index (χ1n) is 9.15. The molecule has 25 heavy (non-hydrogen) atoms. The van der Waals surface area contributed by atoms with E-state index >= 15 is 0 Å². The molecule has 130 valence electrons. The predicted octanol–water partition coefficient (Wildman–Crippen LogP) is 4.32. The molecule has 1 aliphatic heterocycles. The minimum Gasteiger partial charge on any atom is -0.363 e. The van der Waals surface area contributed by atoms with Crippen LogP contribution in [0.1, 0.15) is 44.0 Å². The minimum atomic E-state index is 0.142. The van der Waals surface area contributed by atoms with Crippen LogP contribution in [0, 0.1) is 18.8 Å². The summed E-state index contributed by atoms with van der Waals surface area (Å²) in [6.45, 7) is 5.96. The molecule has 0 bridgehead atoms. The zero-order valence-corrected chi connectivity index (χ0v) is 15.1. The number of benzene rings is 1. The van der Waals surface area contributed by atoms with Gasteiger partial charge in [-0.2, -0.15) is 0 Å². The van der Waals surface area contributed by atoms with Gasteiger partial charge in [0, 0.05) is 30.3 Å². The molecule has 1 amide bonds. The van der Waals surface area contributed by atoms with Crippen LogP contribution in [0.4, 0.5) is 11.5 Å². The van der Waals surface area contributed by atoms with Crippen molar-refractivity contribution in [1.29, 1.82) is 0 Å². The highest BCUT2D eigenvalue weighted by molar-refractivity contribution is 5.94. The largest absolute Gasteiger partial charge is 0.363 e. The topological polar surface area (TPSA) is 45.2 Å². The van der Waals surface area contributed by atoms with E-state index in [4.69, 9.17) is 0 Å². The second kappa shape index (κ2) is 6.17. The molecule has 1 aromatic heterocycles. The molecule has 1 aromatic carbocycles. The maximum atomic E-state index is 12.5. The summed E-state index contributed by atoms with van der Waals surface area (Å²) in [4.78, 5) is 19.1. The summed E-state index contributed by atoms with van der Waals surface area (Å²) in [6.07, 6.45) is 2.44. The van der Waals surface area contributed by atoms with Crippen molar-refractivity contribution in [3.05, 3.63) is 53.7 Å². The van der Waals surface area contributed by atoms with Crippen molar-refractivity contribution in [2.75, 3.05) is 10.2 Å². The predicted molar refractivity (Wildman–Crippen MR) is 101 cm³/mol. The number of hydrogen-bond acceptors (Lipinski definition) is 3. The number of aryl methyl sites for hydroxylation is 1. The summed E-state index contributed by atoms with van der Waals surface area (Å²) < 4.78 is 0. The normalized spacial score (nSPS) is 25.4. The van der Waals surface area contributed by atoms with Crippen LogP contribution >= 0.6 is 0 Å². The molecule has 0 radical (unpaired) electrons. The lowest BCUT2D eigenvalue weighted by Gasteiger charge is -2.45. The number of fused-ring (bicyclic) bond motifs is 1. The third-order valence-electron chi connectivity index (χ3n) is 5.53. The second-order valence-corrected chi connectivity index (χ2v) is 7.42. The van der Waals surface area contributed by atoms with E-state index in [0.29, 0.717) is 11.8 Å². The number of rotatable bonds is 3. The van der Waals surface area contributed by atoms with E-state index in [9.17, 15) is 4.79 Å². The lowest BCUT2D eigenvalue weighted by Crippen LogP contribution is -2.51. The second-order valence-electron chi connectivity index (χ2n) is 7.42. The summed E-state index contributed by atoms with van der Waals surface area (Å²) in [5.74, 6) is 1.98. The van der Waals surface area contributed by atoms with E-state index in [-0.39, 0.29) is 18.0 Å². The fourth-order valence-electron chi connectivity index (χ4n) is 4.30. The van der Waals surface area contributed by atoms with Gasteiger partial charge in [-0.15, -0.1) is 0 Å². The van der Waals surface area contributed by atoms with Crippen LogP contribution < -0.4 is 10.2 Å². The van der Waals surface area contributed by atoms with Crippen LogP contribution in [-0.2, 0) is 4.79 Å². The number of aromatic nitrogens is 1. The Balaban J connectivity index is 1.77. The number of carbonyl (C=O) groups is 1.